The summed E-state index contributed by atoms with van der Waals surface area (Å²) < 4.78 is 2.23. The van der Waals surface area contributed by atoms with Crippen LogP contribution >= 0.6 is 0 Å². The lowest BCUT2D eigenvalue weighted by atomic mass is 10.2. The summed E-state index contributed by atoms with van der Waals surface area (Å²) in [7, 11) is 0. The number of nitrogens with one attached hydrogen (secondary N) is 2. The largest absolute Gasteiger partial charge is 0.372 e. The van der Waals surface area contributed by atoms with Gasteiger partial charge in [0.05, 0.1) is 0 Å². The number of hydrogen-bond donors (Lipinski definition) is 2. The fourth-order valence-electron chi connectivity index (χ4n) is 3.56. The zero-order chi connectivity index (χ0) is 19.6. The maximum atomic E-state index is 4.72. The van der Waals surface area contributed by atoms with Crippen LogP contribution < -0.4 is 15.5 Å². The number of hydrogen-bond acceptors (Lipinski definition) is 4. The van der Waals surface area contributed by atoms with Gasteiger partial charge in [0.25, 0.3) is 0 Å². The molecule has 3 rings (SSSR count). The third kappa shape index (κ3) is 5.47. The van der Waals surface area contributed by atoms with Gasteiger partial charge >= 0.3 is 0 Å². The Bertz CT molecular complexity index is 738. The number of anilines is 1. The Morgan fingerprint density at radius 3 is 2.79 bits per heavy atom. The van der Waals surface area contributed by atoms with Crippen molar-refractivity contribution in [3.63, 3.8) is 0 Å². The molecule has 7 heteroatoms. The van der Waals surface area contributed by atoms with E-state index in [1.807, 2.05) is 0 Å². The van der Waals surface area contributed by atoms with E-state index in [0.717, 1.165) is 63.2 Å². The van der Waals surface area contributed by atoms with Gasteiger partial charge < -0.3 is 20.1 Å². The average molecular weight is 384 g/mol. The molecule has 0 radical (unpaired) electrons. The third-order valence-corrected chi connectivity index (χ3v) is 5.06. The lowest BCUT2D eigenvalue weighted by Crippen LogP contribution is -2.39. The molecule has 7 nitrogen and oxygen atoms in total. The Hall–Kier alpha value is -2.57. The fourth-order valence-corrected chi connectivity index (χ4v) is 3.56. The van der Waals surface area contributed by atoms with Gasteiger partial charge in [-0.05, 0) is 45.2 Å². The van der Waals surface area contributed by atoms with E-state index in [2.05, 4.69) is 74.5 Å². The first-order chi connectivity index (χ1) is 13.8. The number of aryl methyl sites for hydroxylation is 1. The van der Waals surface area contributed by atoms with Gasteiger partial charge in [-0.3, -0.25) is 0 Å². The normalized spacial score (nSPS) is 13.9. The summed E-state index contributed by atoms with van der Waals surface area (Å²) in [4.78, 5) is 7.11. The predicted molar refractivity (Wildman–Crippen MR) is 115 cm³/mol. The van der Waals surface area contributed by atoms with Crippen LogP contribution in [-0.2, 0) is 19.5 Å². The molecule has 2 heterocycles. The summed E-state index contributed by atoms with van der Waals surface area (Å²) in [5.41, 5.74) is 1.28. The SMILES string of the molecule is CCNC(=NCc1nnc2n1CCCC2)NCCCN(CC)c1ccccc1. The fraction of sp³-hybridized carbons (Fsp3) is 0.571. The summed E-state index contributed by atoms with van der Waals surface area (Å²) in [5, 5.41) is 15.4. The van der Waals surface area contributed by atoms with Crippen molar-refractivity contribution >= 4 is 11.6 Å². The number of guanidine groups is 1. The summed E-state index contributed by atoms with van der Waals surface area (Å²) >= 11 is 0. The third-order valence-electron chi connectivity index (χ3n) is 5.06. The summed E-state index contributed by atoms with van der Waals surface area (Å²) in [6, 6.07) is 10.6. The molecule has 0 saturated heterocycles. The van der Waals surface area contributed by atoms with Crippen LogP contribution in [-0.4, -0.2) is 46.9 Å². The highest BCUT2D eigenvalue weighted by molar-refractivity contribution is 5.79. The van der Waals surface area contributed by atoms with Crippen molar-refractivity contribution in [3.05, 3.63) is 42.0 Å². The van der Waals surface area contributed by atoms with Crippen molar-refractivity contribution in [2.45, 2.75) is 52.6 Å². The van der Waals surface area contributed by atoms with Crippen LogP contribution in [0.5, 0.6) is 0 Å². The summed E-state index contributed by atoms with van der Waals surface area (Å²) in [6.07, 6.45) is 4.50. The lowest BCUT2D eigenvalue weighted by molar-refractivity contribution is 0.508. The second kappa shape index (κ2) is 10.7. The van der Waals surface area contributed by atoms with Gasteiger partial charge in [0, 0.05) is 44.8 Å². The molecule has 0 spiro atoms. The van der Waals surface area contributed by atoms with E-state index in [4.69, 9.17) is 4.99 Å². The lowest BCUT2D eigenvalue weighted by Gasteiger charge is -2.23. The standard InChI is InChI=1S/C21H33N7/c1-3-22-21(24-17-20-26-25-19-13-8-9-16-28(19)20)23-14-10-15-27(4-2)18-11-6-5-7-12-18/h5-7,11-12H,3-4,8-10,13-17H2,1-2H3,(H2,22,23,24). The molecule has 152 valence electrons. The zero-order valence-electron chi connectivity index (χ0n) is 17.2. The van der Waals surface area contributed by atoms with Gasteiger partial charge in [-0.1, -0.05) is 18.2 Å². The van der Waals surface area contributed by atoms with Gasteiger partial charge in [-0.25, -0.2) is 4.99 Å². The molecule has 1 aliphatic rings. The number of nitrogens with zero attached hydrogens (tertiary/aromatic N) is 5. The Balaban J connectivity index is 1.49. The van der Waals surface area contributed by atoms with Crippen molar-refractivity contribution in [1.29, 1.82) is 0 Å². The Morgan fingerprint density at radius 1 is 1.14 bits per heavy atom. The first kappa shape index (κ1) is 20.2. The molecule has 0 saturated carbocycles. The maximum absolute atomic E-state index is 4.72. The van der Waals surface area contributed by atoms with Crippen molar-refractivity contribution in [2.24, 2.45) is 4.99 Å². The second-order valence-corrected chi connectivity index (χ2v) is 7.03. The molecule has 0 atom stereocenters. The van der Waals surface area contributed by atoms with E-state index >= 15 is 0 Å². The van der Waals surface area contributed by atoms with E-state index in [1.165, 1.54) is 18.5 Å². The molecule has 0 bridgehead atoms. The molecule has 28 heavy (non-hydrogen) atoms. The molecule has 2 aromatic rings. The van der Waals surface area contributed by atoms with Gasteiger partial charge in [-0.2, -0.15) is 0 Å². The molecular formula is C21H33N7. The molecule has 1 aliphatic heterocycles. The molecule has 0 fully saturated rings. The van der Waals surface area contributed by atoms with Crippen LogP contribution in [0.1, 0.15) is 44.8 Å². The molecule has 1 aromatic heterocycles. The molecule has 2 N–H and O–H groups in total. The van der Waals surface area contributed by atoms with Gasteiger partial charge in [0.2, 0.25) is 0 Å². The van der Waals surface area contributed by atoms with Crippen LogP contribution in [0.3, 0.4) is 0 Å². The van der Waals surface area contributed by atoms with Crippen LogP contribution in [0.2, 0.25) is 0 Å². The average Bonchev–Trinajstić information content (AvgIpc) is 3.16. The quantitative estimate of drug-likeness (QED) is 0.396. The minimum Gasteiger partial charge on any atom is -0.372 e. The molecule has 1 aromatic carbocycles. The molecular weight excluding hydrogens is 350 g/mol. The molecule has 0 aliphatic carbocycles. The number of fused-ring (bicyclic) bond motifs is 1. The van der Waals surface area contributed by atoms with E-state index in [0.29, 0.717) is 6.54 Å². The maximum Gasteiger partial charge on any atom is 0.191 e. The Morgan fingerprint density at radius 2 is 2.00 bits per heavy atom. The summed E-state index contributed by atoms with van der Waals surface area (Å²) in [5.74, 6) is 2.92. The Kier molecular flexibility index (Phi) is 7.70. The van der Waals surface area contributed by atoms with E-state index < -0.39 is 0 Å². The van der Waals surface area contributed by atoms with Crippen molar-refractivity contribution < 1.29 is 0 Å². The minimum absolute atomic E-state index is 0.563. The van der Waals surface area contributed by atoms with Crippen molar-refractivity contribution in [2.75, 3.05) is 31.1 Å². The van der Waals surface area contributed by atoms with Crippen molar-refractivity contribution in [1.82, 2.24) is 25.4 Å². The number of aromatic nitrogens is 3. The Labute approximate surface area is 168 Å². The van der Waals surface area contributed by atoms with Crippen LogP contribution in [0.25, 0.3) is 0 Å². The number of benzene rings is 1. The number of rotatable bonds is 9. The highest BCUT2D eigenvalue weighted by Gasteiger charge is 2.15. The molecule has 0 unspecified atom stereocenters. The smallest absolute Gasteiger partial charge is 0.191 e. The van der Waals surface area contributed by atoms with E-state index in [-0.39, 0.29) is 0 Å². The highest BCUT2D eigenvalue weighted by atomic mass is 15.3. The summed E-state index contributed by atoms with van der Waals surface area (Å²) in [6.45, 7) is 9.62. The molecule has 0 amide bonds. The minimum atomic E-state index is 0.563. The first-order valence-electron chi connectivity index (χ1n) is 10.5. The van der Waals surface area contributed by atoms with Crippen molar-refractivity contribution in [3.8, 4) is 0 Å². The first-order valence-corrected chi connectivity index (χ1v) is 10.5. The zero-order valence-corrected chi connectivity index (χ0v) is 17.2. The number of aliphatic imine (C=N–C) groups is 1. The predicted octanol–water partition coefficient (Wildman–Crippen LogP) is 2.59. The van der Waals surface area contributed by atoms with Gasteiger partial charge in [0.15, 0.2) is 11.8 Å². The highest BCUT2D eigenvalue weighted by Crippen LogP contribution is 2.15. The van der Waals surface area contributed by atoms with E-state index in [9.17, 15) is 0 Å². The second-order valence-electron chi connectivity index (χ2n) is 7.03. The van der Waals surface area contributed by atoms with Crippen LogP contribution in [0.15, 0.2) is 35.3 Å². The van der Waals surface area contributed by atoms with Crippen LogP contribution in [0.4, 0.5) is 5.69 Å². The monoisotopic (exact) mass is 383 g/mol. The van der Waals surface area contributed by atoms with Gasteiger partial charge in [-0.15, -0.1) is 10.2 Å². The topological polar surface area (TPSA) is 70.4 Å². The van der Waals surface area contributed by atoms with Gasteiger partial charge in [0.1, 0.15) is 12.4 Å². The van der Waals surface area contributed by atoms with Crippen LogP contribution in [0, 0.1) is 0 Å². The number of para-hydroxylation sites is 1. The van der Waals surface area contributed by atoms with E-state index in [1.54, 1.807) is 0 Å².